The number of primary amides is 1. The molecule has 27 heavy (non-hydrogen) atoms. The van der Waals surface area contributed by atoms with Gasteiger partial charge in [-0.05, 0) is 6.07 Å². The maximum atomic E-state index is 12.2. The molecule has 138 valence electrons. The Morgan fingerprint density at radius 2 is 2.15 bits per heavy atom. The van der Waals surface area contributed by atoms with Crippen molar-refractivity contribution in [2.45, 2.75) is 12.0 Å². The van der Waals surface area contributed by atoms with Crippen LogP contribution in [0.3, 0.4) is 0 Å². The third-order valence-corrected chi connectivity index (χ3v) is 5.64. The number of carbonyl (C=O) groups is 2. The zero-order valence-corrected chi connectivity index (χ0v) is 15.2. The zero-order chi connectivity index (χ0) is 19.2. The van der Waals surface area contributed by atoms with Crippen LogP contribution < -0.4 is 5.73 Å². The Bertz CT molecular complexity index is 1040. The molecule has 3 heterocycles. The standard InChI is InChI=1S/C18H16N4O4S/c1-22-6-5-18(25,17(22)24)14-8-12(21-26-14)10-3-2-4-11(7-10)16-20-9-13(27-16)15(19)23/h2-4,7-9,25H,5-6H2,1H3,(H2,19,23)/t18-/m1/s1. The first-order valence-corrected chi connectivity index (χ1v) is 9.02. The number of carbonyl (C=O) groups excluding carboxylic acids is 2. The van der Waals surface area contributed by atoms with E-state index in [9.17, 15) is 14.7 Å². The molecule has 0 aliphatic carbocycles. The molecule has 0 saturated carbocycles. The number of likely N-dealkylation sites (tertiary alicyclic amines) is 1. The second kappa shape index (κ2) is 6.29. The van der Waals surface area contributed by atoms with E-state index in [0.717, 1.165) is 11.1 Å². The van der Waals surface area contributed by atoms with Crippen molar-refractivity contribution in [2.75, 3.05) is 13.6 Å². The molecule has 3 aromatic rings. The third kappa shape index (κ3) is 2.90. The summed E-state index contributed by atoms with van der Waals surface area (Å²) in [6.07, 6.45) is 1.70. The van der Waals surface area contributed by atoms with Crippen molar-refractivity contribution in [2.24, 2.45) is 5.73 Å². The van der Waals surface area contributed by atoms with Crippen molar-refractivity contribution in [1.29, 1.82) is 0 Å². The van der Waals surface area contributed by atoms with Gasteiger partial charge in [-0.3, -0.25) is 9.59 Å². The van der Waals surface area contributed by atoms with Crippen LogP contribution in [0.5, 0.6) is 0 Å². The van der Waals surface area contributed by atoms with Gasteiger partial charge in [-0.2, -0.15) is 0 Å². The van der Waals surface area contributed by atoms with Crippen LogP contribution >= 0.6 is 11.3 Å². The van der Waals surface area contributed by atoms with Crippen LogP contribution in [-0.4, -0.2) is 45.6 Å². The Labute approximate surface area is 158 Å². The molecule has 0 bridgehead atoms. The number of nitrogens with two attached hydrogens (primary N) is 1. The molecule has 0 spiro atoms. The van der Waals surface area contributed by atoms with Crippen molar-refractivity contribution in [1.82, 2.24) is 15.0 Å². The number of nitrogens with zero attached hydrogens (tertiary/aromatic N) is 3. The predicted octanol–water partition coefficient (Wildman–Crippen LogP) is 1.61. The lowest BCUT2D eigenvalue weighted by Gasteiger charge is -2.16. The van der Waals surface area contributed by atoms with Crippen molar-refractivity contribution in [3.8, 4) is 21.8 Å². The van der Waals surface area contributed by atoms with Gasteiger partial charge in [-0.25, -0.2) is 4.98 Å². The number of rotatable bonds is 4. The van der Waals surface area contributed by atoms with E-state index in [0.29, 0.717) is 22.1 Å². The summed E-state index contributed by atoms with van der Waals surface area (Å²) in [5.74, 6) is -0.793. The van der Waals surface area contributed by atoms with Crippen LogP contribution in [0.25, 0.3) is 21.8 Å². The number of thiazole rings is 1. The summed E-state index contributed by atoms with van der Waals surface area (Å²) in [4.78, 5) is 29.5. The number of hydrogen-bond acceptors (Lipinski definition) is 7. The van der Waals surface area contributed by atoms with Crippen LogP contribution in [0.1, 0.15) is 21.9 Å². The van der Waals surface area contributed by atoms with Gasteiger partial charge in [-0.15, -0.1) is 11.3 Å². The largest absolute Gasteiger partial charge is 0.373 e. The molecule has 9 heteroatoms. The van der Waals surface area contributed by atoms with E-state index in [1.54, 1.807) is 13.1 Å². The summed E-state index contributed by atoms with van der Waals surface area (Å²) in [5.41, 5.74) is 5.63. The van der Waals surface area contributed by atoms with E-state index < -0.39 is 17.4 Å². The Balaban J connectivity index is 1.66. The van der Waals surface area contributed by atoms with E-state index in [2.05, 4.69) is 10.1 Å². The van der Waals surface area contributed by atoms with Crippen molar-refractivity contribution < 1.29 is 19.2 Å². The second-order valence-electron chi connectivity index (χ2n) is 6.39. The molecule has 1 fully saturated rings. The fourth-order valence-electron chi connectivity index (χ4n) is 3.02. The van der Waals surface area contributed by atoms with E-state index in [4.69, 9.17) is 10.3 Å². The molecular weight excluding hydrogens is 368 g/mol. The average molecular weight is 384 g/mol. The van der Waals surface area contributed by atoms with Gasteiger partial charge in [0.1, 0.15) is 15.6 Å². The number of amides is 2. The highest BCUT2D eigenvalue weighted by molar-refractivity contribution is 7.16. The fourth-order valence-corrected chi connectivity index (χ4v) is 3.79. The van der Waals surface area contributed by atoms with Crippen molar-refractivity contribution in [3.63, 3.8) is 0 Å². The van der Waals surface area contributed by atoms with E-state index in [-0.39, 0.29) is 12.2 Å². The van der Waals surface area contributed by atoms with Gasteiger partial charge >= 0.3 is 0 Å². The van der Waals surface area contributed by atoms with Crippen LogP contribution in [0, 0.1) is 0 Å². The minimum absolute atomic E-state index is 0.127. The highest BCUT2D eigenvalue weighted by Crippen LogP contribution is 2.35. The van der Waals surface area contributed by atoms with E-state index >= 15 is 0 Å². The first kappa shape index (κ1) is 17.4. The van der Waals surface area contributed by atoms with E-state index in [1.807, 2.05) is 24.3 Å². The molecule has 1 atom stereocenters. The summed E-state index contributed by atoms with van der Waals surface area (Å²) in [6.45, 7) is 0.451. The summed E-state index contributed by atoms with van der Waals surface area (Å²) >= 11 is 1.20. The zero-order valence-electron chi connectivity index (χ0n) is 14.4. The van der Waals surface area contributed by atoms with Gasteiger partial charge < -0.3 is 20.3 Å². The highest BCUT2D eigenvalue weighted by Gasteiger charge is 2.48. The summed E-state index contributed by atoms with van der Waals surface area (Å²) in [6, 6.07) is 8.94. The van der Waals surface area contributed by atoms with Crippen LogP contribution in [0.2, 0.25) is 0 Å². The molecule has 1 aliphatic rings. The normalized spacial score (nSPS) is 19.6. The van der Waals surface area contributed by atoms with E-state index in [1.165, 1.54) is 22.4 Å². The Hall–Kier alpha value is -3.04. The number of likely N-dealkylation sites (N-methyl/N-ethyl adjacent to an activating group) is 1. The lowest BCUT2D eigenvalue weighted by Crippen LogP contribution is -2.35. The topological polar surface area (TPSA) is 123 Å². The first-order valence-electron chi connectivity index (χ1n) is 8.20. The molecule has 3 N–H and O–H groups in total. The molecular formula is C18H16N4O4S. The second-order valence-corrected chi connectivity index (χ2v) is 7.42. The molecule has 1 saturated heterocycles. The first-order chi connectivity index (χ1) is 12.9. The Kier molecular flexibility index (Phi) is 4.05. The molecule has 8 nitrogen and oxygen atoms in total. The van der Waals surface area contributed by atoms with Crippen molar-refractivity contribution in [3.05, 3.63) is 47.2 Å². The molecule has 4 rings (SSSR count). The molecule has 1 aromatic carbocycles. The number of benzene rings is 1. The predicted molar refractivity (Wildman–Crippen MR) is 97.7 cm³/mol. The van der Waals surface area contributed by atoms with Gasteiger partial charge in [0.2, 0.25) is 5.60 Å². The smallest absolute Gasteiger partial charge is 0.262 e. The minimum Gasteiger partial charge on any atom is -0.373 e. The van der Waals surface area contributed by atoms with Gasteiger partial charge in [0.15, 0.2) is 5.76 Å². The van der Waals surface area contributed by atoms with Crippen LogP contribution in [0.4, 0.5) is 0 Å². The molecule has 2 amide bonds. The number of hydrogen-bond donors (Lipinski definition) is 2. The molecule has 0 radical (unpaired) electrons. The molecule has 0 unspecified atom stereocenters. The quantitative estimate of drug-likeness (QED) is 0.705. The maximum Gasteiger partial charge on any atom is 0.262 e. The van der Waals surface area contributed by atoms with Gasteiger partial charge in [-0.1, -0.05) is 23.4 Å². The van der Waals surface area contributed by atoms with Crippen LogP contribution in [0.15, 0.2) is 41.1 Å². The highest BCUT2D eigenvalue weighted by atomic mass is 32.1. The lowest BCUT2D eigenvalue weighted by atomic mass is 9.98. The maximum absolute atomic E-state index is 12.2. The summed E-state index contributed by atoms with van der Waals surface area (Å²) in [5, 5.41) is 15.3. The monoisotopic (exact) mass is 384 g/mol. The average Bonchev–Trinajstić information content (AvgIpc) is 3.39. The molecule has 1 aliphatic heterocycles. The van der Waals surface area contributed by atoms with Gasteiger partial charge in [0, 0.05) is 37.2 Å². The fraction of sp³-hybridized carbons (Fsp3) is 0.222. The summed E-state index contributed by atoms with van der Waals surface area (Å²) < 4.78 is 5.28. The minimum atomic E-state index is -1.68. The van der Waals surface area contributed by atoms with Gasteiger partial charge in [0.05, 0.1) is 6.20 Å². The molecule has 2 aromatic heterocycles. The number of aliphatic hydroxyl groups is 1. The van der Waals surface area contributed by atoms with Crippen LogP contribution in [-0.2, 0) is 10.4 Å². The third-order valence-electron chi connectivity index (χ3n) is 4.58. The number of aromatic nitrogens is 2. The Morgan fingerprint density at radius 1 is 1.37 bits per heavy atom. The summed E-state index contributed by atoms with van der Waals surface area (Å²) in [7, 11) is 1.63. The van der Waals surface area contributed by atoms with Crippen molar-refractivity contribution >= 4 is 23.2 Å². The lowest BCUT2D eigenvalue weighted by molar-refractivity contribution is -0.144. The Morgan fingerprint density at radius 3 is 2.81 bits per heavy atom. The van der Waals surface area contributed by atoms with Gasteiger partial charge in [0.25, 0.3) is 11.8 Å². The SMILES string of the molecule is CN1CC[C@@](O)(c2cc(-c3cccc(-c4ncc(C(N)=O)s4)c3)no2)C1=O.